The summed E-state index contributed by atoms with van der Waals surface area (Å²) in [6.07, 6.45) is 6.58. The summed E-state index contributed by atoms with van der Waals surface area (Å²) in [5.74, 6) is 1.99. The maximum absolute atomic E-state index is 10.5. The van der Waals surface area contributed by atoms with Crippen LogP contribution in [0.5, 0.6) is 5.75 Å². The van der Waals surface area contributed by atoms with E-state index in [-0.39, 0.29) is 0 Å². The van der Waals surface area contributed by atoms with Crippen LogP contribution in [0.2, 0.25) is 0 Å². The monoisotopic (exact) mass is 355 g/mol. The molecule has 1 aliphatic heterocycles. The fraction of sp³-hybridized carbons (Fsp3) is 0.571. The summed E-state index contributed by atoms with van der Waals surface area (Å²) in [4.78, 5) is 7.37. The maximum Gasteiger partial charge on any atom is 0.126 e. The van der Waals surface area contributed by atoms with E-state index < -0.39 is 6.10 Å². The molecule has 26 heavy (non-hydrogen) atoms. The van der Waals surface area contributed by atoms with E-state index in [0.717, 1.165) is 38.0 Å². The Bertz CT molecular complexity index is 728. The number of aryl methyl sites for hydroxylation is 1. The quantitative estimate of drug-likeness (QED) is 0.866. The van der Waals surface area contributed by atoms with Gasteiger partial charge in [0.25, 0.3) is 0 Å². The van der Waals surface area contributed by atoms with Crippen LogP contribution in [-0.2, 0) is 19.9 Å². The average Bonchev–Trinajstić information content (AvgIpc) is 3.25. The summed E-state index contributed by atoms with van der Waals surface area (Å²) in [7, 11) is 2.16. The van der Waals surface area contributed by atoms with Gasteiger partial charge in [-0.05, 0) is 57.2 Å². The summed E-state index contributed by atoms with van der Waals surface area (Å²) < 4.78 is 8.04. The number of β-amino-alcohol motifs (C(OH)–C–C–N with tert-alkyl or cyclic N) is 1. The first kappa shape index (κ1) is 17.6. The van der Waals surface area contributed by atoms with Crippen molar-refractivity contribution in [2.75, 3.05) is 19.7 Å². The second-order valence-corrected chi connectivity index (χ2v) is 7.56. The van der Waals surface area contributed by atoms with Gasteiger partial charge < -0.3 is 14.4 Å². The van der Waals surface area contributed by atoms with Crippen molar-refractivity contribution in [3.05, 3.63) is 47.5 Å². The van der Waals surface area contributed by atoms with Gasteiger partial charge in [-0.1, -0.05) is 18.2 Å². The van der Waals surface area contributed by atoms with Crippen LogP contribution in [0.15, 0.2) is 30.3 Å². The van der Waals surface area contributed by atoms with E-state index in [2.05, 4.69) is 16.5 Å². The predicted octanol–water partition coefficient (Wildman–Crippen LogP) is 2.88. The Balaban J connectivity index is 1.40. The Labute approximate surface area is 155 Å². The number of hydrogen-bond acceptors (Lipinski definition) is 4. The highest BCUT2D eigenvalue weighted by molar-refractivity contribution is 5.22. The molecule has 1 saturated heterocycles. The van der Waals surface area contributed by atoms with Crippen LogP contribution in [0.1, 0.15) is 48.9 Å². The summed E-state index contributed by atoms with van der Waals surface area (Å²) in [5.41, 5.74) is 2.72. The van der Waals surface area contributed by atoms with Gasteiger partial charge in [-0.3, -0.25) is 4.90 Å². The zero-order valence-electron chi connectivity index (χ0n) is 15.6. The van der Waals surface area contributed by atoms with Crippen molar-refractivity contribution in [3.63, 3.8) is 0 Å². The third-order valence-corrected chi connectivity index (χ3v) is 5.70. The molecule has 140 valence electrons. The standard InChI is InChI=1S/C21H29N3O2/c1-23-19-11-6-5-10-18(19)22-21(23)20-12-7-13-24(20)14-16(25)15-26-17-8-3-2-4-9-17/h2-4,8-9,16,20,25H,5-7,10-15H2,1H3/t16-,20+/m1/s1. The molecule has 1 fully saturated rings. The normalized spacial score (nSPS) is 21.5. The van der Waals surface area contributed by atoms with Crippen molar-refractivity contribution in [3.8, 4) is 5.75 Å². The summed E-state index contributed by atoms with van der Waals surface area (Å²) in [5, 5.41) is 10.5. The molecule has 0 bridgehead atoms. The molecule has 4 rings (SSSR count). The number of benzene rings is 1. The first-order valence-electron chi connectivity index (χ1n) is 9.86. The number of nitrogens with zero attached hydrogens (tertiary/aromatic N) is 3. The van der Waals surface area contributed by atoms with Gasteiger partial charge in [0.05, 0.1) is 11.7 Å². The van der Waals surface area contributed by atoms with Crippen molar-refractivity contribution in [1.29, 1.82) is 0 Å². The molecule has 0 radical (unpaired) electrons. The largest absolute Gasteiger partial charge is 0.491 e. The Morgan fingerprint density at radius 1 is 1.19 bits per heavy atom. The minimum atomic E-state index is -0.495. The number of likely N-dealkylation sites (tertiary alicyclic amines) is 1. The number of ether oxygens (including phenoxy) is 1. The molecule has 1 aliphatic carbocycles. The lowest BCUT2D eigenvalue weighted by Gasteiger charge is -2.26. The molecule has 5 nitrogen and oxygen atoms in total. The van der Waals surface area contributed by atoms with Crippen LogP contribution < -0.4 is 4.74 Å². The van der Waals surface area contributed by atoms with E-state index in [0.29, 0.717) is 19.2 Å². The van der Waals surface area contributed by atoms with E-state index in [1.807, 2.05) is 30.3 Å². The van der Waals surface area contributed by atoms with Crippen molar-refractivity contribution >= 4 is 0 Å². The van der Waals surface area contributed by atoms with Gasteiger partial charge in [0, 0.05) is 19.3 Å². The van der Waals surface area contributed by atoms with Crippen LogP contribution in [0.4, 0.5) is 0 Å². The predicted molar refractivity (Wildman–Crippen MR) is 101 cm³/mol. The molecule has 0 saturated carbocycles. The molecule has 0 spiro atoms. The summed E-state index contributed by atoms with van der Waals surface area (Å²) in [6.45, 7) is 1.98. The first-order valence-corrected chi connectivity index (χ1v) is 9.86. The number of aliphatic hydroxyl groups excluding tert-OH is 1. The summed E-state index contributed by atoms with van der Waals surface area (Å²) >= 11 is 0. The van der Waals surface area contributed by atoms with Crippen molar-refractivity contribution < 1.29 is 9.84 Å². The van der Waals surface area contributed by atoms with Gasteiger partial charge in [-0.2, -0.15) is 0 Å². The molecule has 2 atom stereocenters. The number of para-hydroxylation sites is 1. The average molecular weight is 355 g/mol. The van der Waals surface area contributed by atoms with Gasteiger partial charge in [-0.25, -0.2) is 4.98 Å². The number of aromatic nitrogens is 2. The van der Waals surface area contributed by atoms with E-state index in [9.17, 15) is 5.11 Å². The smallest absolute Gasteiger partial charge is 0.126 e. The minimum absolute atomic E-state index is 0.317. The maximum atomic E-state index is 10.5. The Morgan fingerprint density at radius 2 is 2.00 bits per heavy atom. The van der Waals surface area contributed by atoms with E-state index >= 15 is 0 Å². The van der Waals surface area contributed by atoms with Gasteiger partial charge in [0.2, 0.25) is 0 Å². The van der Waals surface area contributed by atoms with Crippen molar-refractivity contribution in [1.82, 2.24) is 14.5 Å². The fourth-order valence-electron chi connectivity index (χ4n) is 4.37. The number of fused-ring (bicyclic) bond motifs is 1. The number of hydrogen-bond donors (Lipinski definition) is 1. The van der Waals surface area contributed by atoms with Gasteiger partial charge in [-0.15, -0.1) is 0 Å². The molecule has 0 amide bonds. The molecular formula is C21H29N3O2. The molecular weight excluding hydrogens is 326 g/mol. The van der Waals surface area contributed by atoms with Crippen molar-refractivity contribution in [2.45, 2.75) is 50.7 Å². The number of imidazole rings is 1. The van der Waals surface area contributed by atoms with E-state index in [4.69, 9.17) is 9.72 Å². The Kier molecular flexibility index (Phi) is 5.27. The van der Waals surface area contributed by atoms with Crippen molar-refractivity contribution in [2.24, 2.45) is 7.05 Å². The van der Waals surface area contributed by atoms with Crippen LogP contribution in [-0.4, -0.2) is 45.4 Å². The van der Waals surface area contributed by atoms with Crippen LogP contribution in [0, 0.1) is 0 Å². The van der Waals surface area contributed by atoms with Gasteiger partial charge in [0.1, 0.15) is 24.3 Å². The second kappa shape index (κ2) is 7.80. The Hall–Kier alpha value is -1.85. The molecule has 0 unspecified atom stereocenters. The molecule has 1 N–H and O–H groups in total. The molecule has 2 aliphatic rings. The first-order chi connectivity index (χ1) is 12.7. The van der Waals surface area contributed by atoms with Gasteiger partial charge in [0.15, 0.2) is 0 Å². The Morgan fingerprint density at radius 3 is 2.81 bits per heavy atom. The van der Waals surface area contributed by atoms with Crippen LogP contribution >= 0.6 is 0 Å². The molecule has 2 aromatic rings. The van der Waals surface area contributed by atoms with Crippen LogP contribution in [0.25, 0.3) is 0 Å². The second-order valence-electron chi connectivity index (χ2n) is 7.56. The molecule has 1 aromatic carbocycles. The fourth-order valence-corrected chi connectivity index (χ4v) is 4.37. The third kappa shape index (κ3) is 3.64. The SMILES string of the molecule is Cn1c([C@@H]2CCCN2C[C@@H](O)COc2ccccc2)nc2c1CCCC2. The third-order valence-electron chi connectivity index (χ3n) is 5.70. The summed E-state index contributed by atoms with van der Waals surface area (Å²) in [6, 6.07) is 10.0. The number of rotatable bonds is 6. The lowest BCUT2D eigenvalue weighted by molar-refractivity contribution is 0.0623. The lowest BCUT2D eigenvalue weighted by atomic mass is 10.0. The highest BCUT2D eigenvalue weighted by atomic mass is 16.5. The topological polar surface area (TPSA) is 50.5 Å². The lowest BCUT2D eigenvalue weighted by Crippen LogP contribution is -2.36. The highest BCUT2D eigenvalue weighted by Gasteiger charge is 2.32. The molecule has 5 heteroatoms. The molecule has 1 aromatic heterocycles. The minimum Gasteiger partial charge on any atom is -0.491 e. The van der Waals surface area contributed by atoms with Crippen LogP contribution in [0.3, 0.4) is 0 Å². The van der Waals surface area contributed by atoms with E-state index in [1.165, 1.54) is 30.1 Å². The van der Waals surface area contributed by atoms with E-state index in [1.54, 1.807) is 0 Å². The number of aliphatic hydroxyl groups is 1. The zero-order chi connectivity index (χ0) is 17.9. The zero-order valence-corrected chi connectivity index (χ0v) is 15.6. The highest BCUT2D eigenvalue weighted by Crippen LogP contribution is 2.33. The van der Waals surface area contributed by atoms with Gasteiger partial charge >= 0.3 is 0 Å². The molecule has 2 heterocycles.